The number of hydrogen-bond acceptors (Lipinski definition) is 3. The summed E-state index contributed by atoms with van der Waals surface area (Å²) in [4.78, 5) is 12.3. The molecule has 3 aromatic rings. The van der Waals surface area contributed by atoms with Gasteiger partial charge in [-0.1, -0.05) is 30.3 Å². The second kappa shape index (κ2) is 5.91. The molecule has 1 aliphatic rings. The molecule has 1 unspecified atom stereocenters. The van der Waals surface area contributed by atoms with E-state index in [0.717, 1.165) is 28.3 Å². The summed E-state index contributed by atoms with van der Waals surface area (Å²) >= 11 is 0. The van der Waals surface area contributed by atoms with Crippen molar-refractivity contribution >= 4 is 11.7 Å². The molecule has 4 rings (SSSR count). The monoisotopic (exact) mass is 328 g/mol. The highest BCUT2D eigenvalue weighted by Gasteiger charge is 2.32. The van der Waals surface area contributed by atoms with E-state index in [1.165, 1.54) is 0 Å². The highest BCUT2D eigenvalue weighted by atomic mass is 16.1. The summed E-state index contributed by atoms with van der Waals surface area (Å²) in [5.41, 5.74) is 4.47. The molecule has 1 amide bonds. The Balaban J connectivity index is 1.85. The van der Waals surface area contributed by atoms with Crippen LogP contribution in [0, 0.1) is 18.3 Å². The van der Waals surface area contributed by atoms with Crippen molar-refractivity contribution in [2.45, 2.75) is 19.3 Å². The third-order valence-electron chi connectivity index (χ3n) is 4.55. The second-order valence-corrected chi connectivity index (χ2v) is 6.13. The predicted octanol–water partition coefficient (Wildman–Crippen LogP) is 3.53. The largest absolute Gasteiger partial charge is 0.310 e. The predicted molar refractivity (Wildman–Crippen MR) is 94.5 cm³/mol. The molecule has 5 nitrogen and oxygen atoms in total. The van der Waals surface area contributed by atoms with Crippen LogP contribution in [-0.4, -0.2) is 15.7 Å². The summed E-state index contributed by atoms with van der Waals surface area (Å²) in [5, 5.41) is 16.6. The van der Waals surface area contributed by atoms with Gasteiger partial charge in [0.1, 0.15) is 5.82 Å². The third-order valence-corrected chi connectivity index (χ3v) is 4.55. The number of amides is 1. The fraction of sp³-hybridized carbons (Fsp3) is 0.150. The molecular formula is C20H16N4O. The summed E-state index contributed by atoms with van der Waals surface area (Å²) in [7, 11) is 0. The van der Waals surface area contributed by atoms with E-state index >= 15 is 0 Å². The number of aromatic nitrogens is 2. The normalized spacial score (nSPS) is 16.0. The van der Waals surface area contributed by atoms with Crippen molar-refractivity contribution in [3.8, 4) is 11.8 Å². The minimum absolute atomic E-state index is 0.0288. The van der Waals surface area contributed by atoms with Crippen LogP contribution in [0.3, 0.4) is 0 Å². The van der Waals surface area contributed by atoms with Gasteiger partial charge in [-0.05, 0) is 36.8 Å². The molecular weight excluding hydrogens is 312 g/mol. The molecule has 0 spiro atoms. The zero-order valence-corrected chi connectivity index (χ0v) is 13.7. The van der Waals surface area contributed by atoms with Crippen LogP contribution < -0.4 is 5.32 Å². The molecule has 1 aromatic heterocycles. The van der Waals surface area contributed by atoms with Gasteiger partial charge in [0.2, 0.25) is 5.91 Å². The van der Waals surface area contributed by atoms with Crippen LogP contribution in [0.25, 0.3) is 5.69 Å². The average molecular weight is 328 g/mol. The number of hydrogen-bond donors (Lipinski definition) is 1. The van der Waals surface area contributed by atoms with Crippen LogP contribution in [0.1, 0.15) is 34.7 Å². The minimum atomic E-state index is -0.0612. The van der Waals surface area contributed by atoms with E-state index in [4.69, 9.17) is 5.26 Å². The number of carbonyl (C=O) groups is 1. The van der Waals surface area contributed by atoms with Gasteiger partial charge >= 0.3 is 0 Å². The van der Waals surface area contributed by atoms with Gasteiger partial charge in [-0.3, -0.25) is 4.79 Å². The van der Waals surface area contributed by atoms with Crippen molar-refractivity contribution < 1.29 is 4.79 Å². The van der Waals surface area contributed by atoms with Crippen molar-refractivity contribution in [2.24, 2.45) is 0 Å². The Morgan fingerprint density at radius 3 is 2.56 bits per heavy atom. The number of nitrogens with one attached hydrogen (secondary N) is 1. The molecule has 0 saturated carbocycles. The smallest absolute Gasteiger partial charge is 0.226 e. The summed E-state index contributed by atoms with van der Waals surface area (Å²) in [6.45, 7) is 1.96. The van der Waals surface area contributed by atoms with E-state index in [-0.39, 0.29) is 11.8 Å². The lowest BCUT2D eigenvalue weighted by Crippen LogP contribution is -2.24. The molecule has 122 valence electrons. The molecule has 0 saturated heterocycles. The summed E-state index contributed by atoms with van der Waals surface area (Å²) in [6, 6.07) is 19.3. The zero-order chi connectivity index (χ0) is 17.4. The van der Waals surface area contributed by atoms with E-state index in [9.17, 15) is 4.79 Å². The molecule has 2 aromatic carbocycles. The van der Waals surface area contributed by atoms with E-state index in [2.05, 4.69) is 16.5 Å². The number of benzene rings is 2. The molecule has 0 fully saturated rings. The van der Waals surface area contributed by atoms with Crippen molar-refractivity contribution in [2.75, 3.05) is 5.32 Å². The summed E-state index contributed by atoms with van der Waals surface area (Å²) < 4.78 is 1.79. The van der Waals surface area contributed by atoms with Crippen LogP contribution in [-0.2, 0) is 4.79 Å². The maximum Gasteiger partial charge on any atom is 0.226 e. The molecule has 1 aliphatic heterocycles. The van der Waals surface area contributed by atoms with Crippen LogP contribution >= 0.6 is 0 Å². The Morgan fingerprint density at radius 2 is 1.88 bits per heavy atom. The van der Waals surface area contributed by atoms with Crippen molar-refractivity contribution in [3.63, 3.8) is 0 Å². The summed E-state index contributed by atoms with van der Waals surface area (Å²) in [6.07, 6.45) is 0.375. The fourth-order valence-electron chi connectivity index (χ4n) is 3.38. The zero-order valence-electron chi connectivity index (χ0n) is 13.7. The number of nitriles is 1. The number of carbonyl (C=O) groups excluding carboxylic acids is 1. The Hall–Kier alpha value is -3.39. The lowest BCUT2D eigenvalue weighted by atomic mass is 9.85. The second-order valence-electron chi connectivity index (χ2n) is 6.13. The first-order chi connectivity index (χ1) is 12.2. The maximum absolute atomic E-state index is 12.3. The van der Waals surface area contributed by atoms with Crippen molar-refractivity contribution in [1.29, 1.82) is 5.26 Å². The van der Waals surface area contributed by atoms with E-state index in [0.29, 0.717) is 12.0 Å². The molecule has 2 heterocycles. The quantitative estimate of drug-likeness (QED) is 0.782. The number of para-hydroxylation sites is 1. The molecule has 1 N–H and O–H groups in total. The molecule has 0 bridgehead atoms. The van der Waals surface area contributed by atoms with Gasteiger partial charge in [0, 0.05) is 17.9 Å². The van der Waals surface area contributed by atoms with Gasteiger partial charge in [0.05, 0.1) is 23.0 Å². The Kier molecular flexibility index (Phi) is 3.58. The van der Waals surface area contributed by atoms with Gasteiger partial charge in [-0.15, -0.1) is 0 Å². The van der Waals surface area contributed by atoms with E-state index in [1.54, 1.807) is 16.8 Å². The van der Waals surface area contributed by atoms with Gasteiger partial charge in [-0.2, -0.15) is 10.4 Å². The molecule has 25 heavy (non-hydrogen) atoms. The topological polar surface area (TPSA) is 70.7 Å². The summed E-state index contributed by atoms with van der Waals surface area (Å²) in [5.74, 6) is 0.641. The molecule has 0 radical (unpaired) electrons. The number of rotatable bonds is 2. The highest BCUT2D eigenvalue weighted by Crippen LogP contribution is 2.40. The van der Waals surface area contributed by atoms with Gasteiger partial charge < -0.3 is 5.32 Å². The van der Waals surface area contributed by atoms with Crippen LogP contribution in [0.5, 0.6) is 0 Å². The average Bonchev–Trinajstić information content (AvgIpc) is 2.98. The Bertz CT molecular complexity index is 981. The Labute approximate surface area is 145 Å². The van der Waals surface area contributed by atoms with E-state index < -0.39 is 0 Å². The van der Waals surface area contributed by atoms with E-state index in [1.807, 2.05) is 49.4 Å². The Morgan fingerprint density at radius 1 is 1.16 bits per heavy atom. The van der Waals surface area contributed by atoms with Gasteiger partial charge in [0.25, 0.3) is 0 Å². The van der Waals surface area contributed by atoms with Crippen LogP contribution in [0.2, 0.25) is 0 Å². The first kappa shape index (κ1) is 15.2. The third kappa shape index (κ3) is 2.58. The fourth-order valence-corrected chi connectivity index (χ4v) is 3.38. The lowest BCUT2D eigenvalue weighted by molar-refractivity contribution is -0.116. The standard InChI is InChI=1S/C20H16N4O/c1-13-19-17(15-9-7-14(12-21)8-10-15)11-18(25)22-20(19)24(23-13)16-5-3-2-4-6-16/h2-10,17H,11H2,1H3,(H,22,25). The first-order valence-corrected chi connectivity index (χ1v) is 8.12. The van der Waals surface area contributed by atoms with Crippen LogP contribution in [0.4, 0.5) is 5.82 Å². The number of aryl methyl sites for hydroxylation is 1. The lowest BCUT2D eigenvalue weighted by Gasteiger charge is -2.24. The minimum Gasteiger partial charge on any atom is -0.310 e. The maximum atomic E-state index is 12.3. The first-order valence-electron chi connectivity index (χ1n) is 8.12. The molecule has 0 aliphatic carbocycles. The SMILES string of the molecule is Cc1nn(-c2ccccc2)c2c1C(c1ccc(C#N)cc1)CC(=O)N2. The van der Waals surface area contributed by atoms with Gasteiger partial charge in [-0.25, -0.2) is 4.68 Å². The highest BCUT2D eigenvalue weighted by molar-refractivity contribution is 5.95. The van der Waals surface area contributed by atoms with Gasteiger partial charge in [0.15, 0.2) is 0 Å². The molecule has 5 heteroatoms. The molecule has 1 atom stereocenters. The van der Waals surface area contributed by atoms with Crippen molar-refractivity contribution in [3.05, 3.63) is 77.0 Å². The number of nitrogens with zero attached hydrogens (tertiary/aromatic N) is 3. The number of fused-ring (bicyclic) bond motifs is 1. The van der Waals surface area contributed by atoms with Crippen molar-refractivity contribution in [1.82, 2.24) is 9.78 Å². The van der Waals surface area contributed by atoms with Crippen LogP contribution in [0.15, 0.2) is 54.6 Å². The number of anilines is 1.